The first-order chi connectivity index (χ1) is 15.8. The number of benzene rings is 1. The number of hydrogen-bond donors (Lipinski definition) is 1. The first kappa shape index (κ1) is 22.9. The maximum absolute atomic E-state index is 14.0. The Labute approximate surface area is 188 Å². The molecule has 9 nitrogen and oxygen atoms in total. The number of pyridine rings is 1. The molecule has 11 heteroatoms. The predicted octanol–water partition coefficient (Wildman–Crippen LogP) is 1.06. The smallest absolute Gasteiger partial charge is 0.274 e. The number of methoxy groups -OCH3 is 2. The maximum Gasteiger partial charge on any atom is 0.274 e. The number of aromatic nitrogens is 1. The Hall–Kier alpha value is -3.31. The zero-order valence-corrected chi connectivity index (χ0v) is 18.5. The van der Waals surface area contributed by atoms with Gasteiger partial charge in [0.25, 0.3) is 11.8 Å². The lowest BCUT2D eigenvalue weighted by Gasteiger charge is -2.37. The van der Waals surface area contributed by atoms with Crippen molar-refractivity contribution in [2.75, 3.05) is 45.6 Å². The number of ether oxygens (including phenoxy) is 2. The predicted molar refractivity (Wildman–Crippen MR) is 114 cm³/mol. The summed E-state index contributed by atoms with van der Waals surface area (Å²) in [5.41, 5.74) is -0.0982. The Bertz CT molecular complexity index is 1180. The molecule has 3 heterocycles. The average Bonchev–Trinajstić information content (AvgIpc) is 3.14. The molecule has 2 amide bonds. The van der Waals surface area contributed by atoms with Crippen molar-refractivity contribution in [3.63, 3.8) is 0 Å². The fourth-order valence-electron chi connectivity index (χ4n) is 4.24. The van der Waals surface area contributed by atoms with Crippen molar-refractivity contribution >= 4 is 11.8 Å². The third kappa shape index (κ3) is 3.87. The summed E-state index contributed by atoms with van der Waals surface area (Å²) in [5, 5.41) is 4.37. The summed E-state index contributed by atoms with van der Waals surface area (Å²) in [6, 6.07) is 3.03. The van der Waals surface area contributed by atoms with Gasteiger partial charge in [0.05, 0.1) is 18.8 Å². The van der Waals surface area contributed by atoms with E-state index in [9.17, 15) is 23.2 Å². The first-order valence-corrected chi connectivity index (χ1v) is 10.4. The third-order valence-corrected chi connectivity index (χ3v) is 5.94. The molecule has 1 aromatic heterocycles. The topological polar surface area (TPSA) is 93.1 Å². The minimum atomic E-state index is -0.805. The average molecular weight is 462 g/mol. The molecule has 0 saturated carbocycles. The van der Waals surface area contributed by atoms with Crippen molar-refractivity contribution in [1.29, 1.82) is 0 Å². The van der Waals surface area contributed by atoms with Crippen LogP contribution in [0.3, 0.4) is 0 Å². The lowest BCUT2D eigenvalue weighted by Crippen LogP contribution is -2.54. The SMILES string of the molecule is COCCN1CN2CC(OC)c3c(C(=O)NCc4ccc(F)cc4F)c(=O)c(C)c(n32)C1=O. The summed E-state index contributed by atoms with van der Waals surface area (Å²) in [6.45, 7) is 2.51. The van der Waals surface area contributed by atoms with Crippen LogP contribution in [0.5, 0.6) is 0 Å². The van der Waals surface area contributed by atoms with E-state index in [4.69, 9.17) is 9.47 Å². The summed E-state index contributed by atoms with van der Waals surface area (Å²) in [7, 11) is 3.00. The number of halogens is 2. The number of hydrogen-bond acceptors (Lipinski definition) is 6. The van der Waals surface area contributed by atoms with Crippen molar-refractivity contribution in [2.45, 2.75) is 19.6 Å². The van der Waals surface area contributed by atoms with Gasteiger partial charge in [0, 0.05) is 44.5 Å². The quantitative estimate of drug-likeness (QED) is 0.662. The van der Waals surface area contributed by atoms with Crippen molar-refractivity contribution in [1.82, 2.24) is 14.9 Å². The van der Waals surface area contributed by atoms with Crippen LogP contribution >= 0.6 is 0 Å². The van der Waals surface area contributed by atoms with Gasteiger partial charge in [-0.1, -0.05) is 6.07 Å². The number of nitrogens with one attached hydrogen (secondary N) is 1. The molecule has 4 rings (SSSR count). The van der Waals surface area contributed by atoms with Crippen LogP contribution in [0.1, 0.15) is 43.8 Å². The second kappa shape index (κ2) is 8.91. The third-order valence-electron chi connectivity index (χ3n) is 5.94. The van der Waals surface area contributed by atoms with Crippen LogP contribution in [-0.4, -0.2) is 62.0 Å². The van der Waals surface area contributed by atoms with E-state index in [0.29, 0.717) is 19.7 Å². The van der Waals surface area contributed by atoms with Crippen LogP contribution in [0.2, 0.25) is 0 Å². The van der Waals surface area contributed by atoms with Gasteiger partial charge >= 0.3 is 0 Å². The Kier molecular flexibility index (Phi) is 6.17. The highest BCUT2D eigenvalue weighted by molar-refractivity contribution is 5.99. The maximum atomic E-state index is 14.0. The van der Waals surface area contributed by atoms with E-state index in [1.807, 2.05) is 5.01 Å². The number of carbonyl (C=O) groups is 2. The van der Waals surface area contributed by atoms with Gasteiger partial charge < -0.3 is 19.7 Å². The molecule has 1 unspecified atom stereocenters. The van der Waals surface area contributed by atoms with Crippen LogP contribution in [0.15, 0.2) is 23.0 Å². The van der Waals surface area contributed by atoms with Gasteiger partial charge in [-0.2, -0.15) is 0 Å². The minimum Gasteiger partial charge on any atom is -0.383 e. The molecule has 0 radical (unpaired) electrons. The summed E-state index contributed by atoms with van der Waals surface area (Å²) >= 11 is 0. The highest BCUT2D eigenvalue weighted by Crippen LogP contribution is 2.32. The highest BCUT2D eigenvalue weighted by Gasteiger charge is 2.43. The standard InChI is InChI=1S/C22H24F2N4O5/c1-12-18-22(31)26(6-7-32-2)11-27-10-16(33-3)19(28(18)27)17(20(12)29)21(30)25-9-13-4-5-14(23)8-15(13)24/h4-5,8,16H,6-7,9-11H2,1-3H3,(H,25,30). The number of amides is 2. The van der Waals surface area contributed by atoms with Crippen molar-refractivity contribution in [3.05, 3.63) is 68.1 Å². The van der Waals surface area contributed by atoms with Crippen LogP contribution in [0, 0.1) is 18.6 Å². The van der Waals surface area contributed by atoms with E-state index in [2.05, 4.69) is 5.32 Å². The summed E-state index contributed by atoms with van der Waals surface area (Å²) in [6.07, 6.45) is -0.629. The normalized spacial score (nSPS) is 16.9. The first-order valence-electron chi connectivity index (χ1n) is 10.4. The molecule has 0 aliphatic carbocycles. The van der Waals surface area contributed by atoms with Crippen molar-refractivity contribution in [2.24, 2.45) is 0 Å². The minimum absolute atomic E-state index is 0.0739. The molecule has 2 aromatic rings. The molecule has 2 aliphatic rings. The molecule has 33 heavy (non-hydrogen) atoms. The largest absolute Gasteiger partial charge is 0.383 e. The Morgan fingerprint density at radius 2 is 2.00 bits per heavy atom. The zero-order valence-electron chi connectivity index (χ0n) is 18.5. The fraction of sp³-hybridized carbons (Fsp3) is 0.409. The summed E-state index contributed by atoms with van der Waals surface area (Å²) < 4.78 is 39.3. The molecule has 176 valence electrons. The molecule has 2 aliphatic heterocycles. The number of rotatable bonds is 7. The van der Waals surface area contributed by atoms with Crippen molar-refractivity contribution in [3.8, 4) is 0 Å². The lowest BCUT2D eigenvalue weighted by molar-refractivity contribution is 0.0627. The van der Waals surface area contributed by atoms with E-state index in [1.54, 1.807) is 9.58 Å². The Morgan fingerprint density at radius 1 is 1.24 bits per heavy atom. The van der Waals surface area contributed by atoms with Crippen molar-refractivity contribution < 1.29 is 27.8 Å². The van der Waals surface area contributed by atoms with E-state index in [-0.39, 0.29) is 47.2 Å². The summed E-state index contributed by atoms with van der Waals surface area (Å²) in [5.74, 6) is -2.60. The molecule has 0 saturated heterocycles. The molecule has 0 bridgehead atoms. The lowest BCUT2D eigenvalue weighted by atomic mass is 10.0. The molecule has 0 spiro atoms. The molecule has 0 fully saturated rings. The Morgan fingerprint density at radius 3 is 2.67 bits per heavy atom. The molecule has 1 atom stereocenters. The highest BCUT2D eigenvalue weighted by atomic mass is 19.1. The Balaban J connectivity index is 1.74. The zero-order chi connectivity index (χ0) is 23.9. The van der Waals surface area contributed by atoms with Gasteiger partial charge in [0.1, 0.15) is 35.7 Å². The van der Waals surface area contributed by atoms with E-state index < -0.39 is 29.1 Å². The number of nitrogens with zero attached hydrogens (tertiary/aromatic N) is 3. The second-order valence-corrected chi connectivity index (χ2v) is 7.91. The van der Waals surface area contributed by atoms with Gasteiger partial charge in [-0.25, -0.2) is 8.78 Å². The molecule has 1 N–H and O–H groups in total. The van der Waals surface area contributed by atoms with Gasteiger partial charge in [-0.15, -0.1) is 0 Å². The monoisotopic (exact) mass is 462 g/mol. The molecule has 1 aromatic carbocycles. The van der Waals surface area contributed by atoms with Gasteiger partial charge in [0.15, 0.2) is 5.43 Å². The van der Waals surface area contributed by atoms with Crippen LogP contribution in [0.25, 0.3) is 0 Å². The van der Waals surface area contributed by atoms with Gasteiger partial charge in [-0.3, -0.25) is 24.1 Å². The molecular weight excluding hydrogens is 438 g/mol. The summed E-state index contributed by atoms with van der Waals surface area (Å²) in [4.78, 5) is 41.1. The van der Waals surface area contributed by atoms with Crippen LogP contribution < -0.4 is 15.8 Å². The van der Waals surface area contributed by atoms with Gasteiger partial charge in [-0.05, 0) is 13.0 Å². The second-order valence-electron chi connectivity index (χ2n) is 7.91. The van der Waals surface area contributed by atoms with Crippen LogP contribution in [-0.2, 0) is 16.0 Å². The van der Waals surface area contributed by atoms with Crippen LogP contribution in [0.4, 0.5) is 8.78 Å². The van der Waals surface area contributed by atoms with E-state index >= 15 is 0 Å². The van der Waals surface area contributed by atoms with Gasteiger partial charge in [0.2, 0.25) is 0 Å². The van der Waals surface area contributed by atoms with E-state index in [0.717, 1.165) is 12.1 Å². The molecular formula is C22H24F2N4O5. The van der Waals surface area contributed by atoms with E-state index in [1.165, 1.54) is 27.2 Å². The number of carbonyl (C=O) groups excluding carboxylic acids is 2. The fourth-order valence-corrected chi connectivity index (χ4v) is 4.24.